The molecular weight excluding hydrogens is 294 g/mol. The number of methoxy groups -OCH3 is 1. The van der Waals surface area contributed by atoms with Gasteiger partial charge < -0.3 is 15.4 Å². The highest BCUT2D eigenvalue weighted by Gasteiger charge is 2.33. The third-order valence-corrected chi connectivity index (χ3v) is 4.33. The normalized spacial score (nSPS) is 16.4. The second kappa shape index (κ2) is 7.10. The molecule has 2 rings (SSSR count). The van der Waals surface area contributed by atoms with Gasteiger partial charge in [0, 0.05) is 45.4 Å². The molecule has 1 aromatic carbocycles. The number of rotatable bonds is 5. The number of hydrogen-bond donors (Lipinski definition) is 1. The first kappa shape index (κ1) is 17.4. The molecule has 0 aliphatic carbocycles. The van der Waals surface area contributed by atoms with Gasteiger partial charge in [0.1, 0.15) is 5.60 Å². The van der Waals surface area contributed by atoms with Crippen LogP contribution in [0.2, 0.25) is 0 Å². The maximum Gasteiger partial charge on any atom is 0.254 e. The average Bonchev–Trinajstić information content (AvgIpc) is 2.55. The molecule has 1 fully saturated rings. The summed E-state index contributed by atoms with van der Waals surface area (Å²) in [6, 6.07) is 7.34. The Morgan fingerprint density at radius 1 is 1.13 bits per heavy atom. The minimum Gasteiger partial charge on any atom is -0.369 e. The van der Waals surface area contributed by atoms with Crippen molar-refractivity contribution in [2.75, 3.05) is 33.3 Å². The molecule has 1 saturated heterocycles. The van der Waals surface area contributed by atoms with Gasteiger partial charge in [-0.05, 0) is 31.5 Å². The van der Waals surface area contributed by atoms with Gasteiger partial charge in [-0.2, -0.15) is 0 Å². The molecule has 1 aromatic rings. The van der Waals surface area contributed by atoms with Crippen molar-refractivity contribution < 1.29 is 14.3 Å². The predicted molar refractivity (Wildman–Crippen MR) is 87.9 cm³/mol. The highest BCUT2D eigenvalue weighted by molar-refractivity contribution is 5.92. The molecule has 2 amide bonds. The fourth-order valence-electron chi connectivity index (χ4n) is 2.61. The third kappa shape index (κ3) is 4.30. The summed E-state index contributed by atoms with van der Waals surface area (Å²) < 4.78 is 5.26. The first-order valence-electron chi connectivity index (χ1n) is 7.79. The molecule has 0 atom stereocenters. The summed E-state index contributed by atoms with van der Waals surface area (Å²) >= 11 is 0. The molecule has 23 heavy (non-hydrogen) atoms. The first-order chi connectivity index (χ1) is 10.8. The van der Waals surface area contributed by atoms with Crippen molar-refractivity contribution in [2.45, 2.75) is 26.0 Å². The van der Waals surface area contributed by atoms with E-state index in [2.05, 4.69) is 4.90 Å². The molecule has 126 valence electrons. The van der Waals surface area contributed by atoms with E-state index in [-0.39, 0.29) is 5.91 Å². The number of benzene rings is 1. The summed E-state index contributed by atoms with van der Waals surface area (Å²) in [7, 11) is 1.56. The molecule has 6 nitrogen and oxygen atoms in total. The molecule has 1 heterocycles. The molecule has 2 N–H and O–H groups in total. The molecule has 1 aliphatic heterocycles. The van der Waals surface area contributed by atoms with E-state index in [1.54, 1.807) is 33.1 Å². The van der Waals surface area contributed by atoms with Gasteiger partial charge in [-0.25, -0.2) is 0 Å². The second-order valence-electron chi connectivity index (χ2n) is 6.34. The lowest BCUT2D eigenvalue weighted by Gasteiger charge is -2.38. The number of nitrogens with two attached hydrogens (primary N) is 1. The standard InChI is InChI=1S/C17H25N3O3/c1-17(2,23-3)16(22)20-10-8-19(9-11-20)12-13-4-6-14(7-5-13)15(18)21/h4-7H,8-12H2,1-3H3,(H2,18,21). The van der Waals surface area contributed by atoms with E-state index < -0.39 is 11.5 Å². The zero-order valence-corrected chi connectivity index (χ0v) is 14.0. The summed E-state index contributed by atoms with van der Waals surface area (Å²) in [6.45, 7) is 7.43. The van der Waals surface area contributed by atoms with Crippen LogP contribution in [0.5, 0.6) is 0 Å². The summed E-state index contributed by atoms with van der Waals surface area (Å²) in [6.07, 6.45) is 0. The summed E-state index contributed by atoms with van der Waals surface area (Å²) in [4.78, 5) is 27.6. The van der Waals surface area contributed by atoms with Crippen LogP contribution in [0.4, 0.5) is 0 Å². The van der Waals surface area contributed by atoms with Gasteiger partial charge >= 0.3 is 0 Å². The van der Waals surface area contributed by atoms with E-state index in [4.69, 9.17) is 10.5 Å². The van der Waals surface area contributed by atoms with Gasteiger partial charge in [0.15, 0.2) is 0 Å². The Morgan fingerprint density at radius 3 is 2.17 bits per heavy atom. The van der Waals surface area contributed by atoms with Crippen LogP contribution in [-0.2, 0) is 16.1 Å². The smallest absolute Gasteiger partial charge is 0.254 e. The largest absolute Gasteiger partial charge is 0.369 e. The fourth-order valence-corrected chi connectivity index (χ4v) is 2.61. The van der Waals surface area contributed by atoms with Crippen LogP contribution >= 0.6 is 0 Å². The quantitative estimate of drug-likeness (QED) is 0.873. The van der Waals surface area contributed by atoms with Crippen LogP contribution < -0.4 is 5.73 Å². The lowest BCUT2D eigenvalue weighted by atomic mass is 10.1. The zero-order chi connectivity index (χ0) is 17.0. The van der Waals surface area contributed by atoms with Crippen molar-refractivity contribution in [1.82, 2.24) is 9.80 Å². The van der Waals surface area contributed by atoms with Gasteiger partial charge in [-0.15, -0.1) is 0 Å². The number of ether oxygens (including phenoxy) is 1. The van der Waals surface area contributed by atoms with Gasteiger partial charge in [0.25, 0.3) is 5.91 Å². The van der Waals surface area contributed by atoms with Crippen LogP contribution in [-0.4, -0.2) is 60.5 Å². The molecule has 0 radical (unpaired) electrons. The number of piperazine rings is 1. The summed E-state index contributed by atoms with van der Waals surface area (Å²) in [5.41, 5.74) is 6.12. The van der Waals surface area contributed by atoms with Crippen molar-refractivity contribution in [1.29, 1.82) is 0 Å². The Labute approximate surface area is 137 Å². The minimum atomic E-state index is -0.771. The molecular formula is C17H25N3O3. The minimum absolute atomic E-state index is 0.0328. The van der Waals surface area contributed by atoms with Crippen LogP contribution in [0, 0.1) is 0 Å². The monoisotopic (exact) mass is 319 g/mol. The molecule has 6 heteroatoms. The highest BCUT2D eigenvalue weighted by Crippen LogP contribution is 2.15. The maximum atomic E-state index is 12.4. The van der Waals surface area contributed by atoms with E-state index in [9.17, 15) is 9.59 Å². The van der Waals surface area contributed by atoms with Crippen molar-refractivity contribution >= 4 is 11.8 Å². The third-order valence-electron chi connectivity index (χ3n) is 4.33. The maximum absolute atomic E-state index is 12.4. The molecule has 1 aliphatic rings. The van der Waals surface area contributed by atoms with E-state index in [1.807, 2.05) is 17.0 Å². The number of carbonyl (C=O) groups is 2. The number of amides is 2. The van der Waals surface area contributed by atoms with Crippen LogP contribution in [0.1, 0.15) is 29.8 Å². The molecule has 0 bridgehead atoms. The van der Waals surface area contributed by atoms with E-state index in [0.717, 1.165) is 25.2 Å². The van der Waals surface area contributed by atoms with Crippen LogP contribution in [0.15, 0.2) is 24.3 Å². The van der Waals surface area contributed by atoms with Crippen molar-refractivity contribution in [3.05, 3.63) is 35.4 Å². The number of nitrogens with zero attached hydrogens (tertiary/aromatic N) is 2. The Hall–Kier alpha value is -1.92. The second-order valence-corrected chi connectivity index (χ2v) is 6.34. The number of hydrogen-bond acceptors (Lipinski definition) is 4. The molecule has 0 unspecified atom stereocenters. The van der Waals surface area contributed by atoms with Gasteiger partial charge in [0.2, 0.25) is 5.91 Å². The van der Waals surface area contributed by atoms with Gasteiger partial charge in [-0.3, -0.25) is 14.5 Å². The van der Waals surface area contributed by atoms with E-state index >= 15 is 0 Å². The predicted octanol–water partition coefficient (Wildman–Crippen LogP) is 0.855. The summed E-state index contributed by atoms with van der Waals surface area (Å²) in [5.74, 6) is -0.380. The average molecular weight is 319 g/mol. The Balaban J connectivity index is 1.87. The first-order valence-corrected chi connectivity index (χ1v) is 7.79. The Bertz CT molecular complexity index is 561. The summed E-state index contributed by atoms with van der Waals surface area (Å²) in [5, 5.41) is 0. The Kier molecular flexibility index (Phi) is 5.38. The van der Waals surface area contributed by atoms with Crippen molar-refractivity contribution in [3.63, 3.8) is 0 Å². The van der Waals surface area contributed by atoms with E-state index in [0.29, 0.717) is 18.7 Å². The van der Waals surface area contributed by atoms with Gasteiger partial charge in [0.05, 0.1) is 0 Å². The van der Waals surface area contributed by atoms with Crippen molar-refractivity contribution in [3.8, 4) is 0 Å². The molecule has 0 spiro atoms. The topological polar surface area (TPSA) is 75.9 Å². The number of carbonyl (C=O) groups excluding carboxylic acids is 2. The molecule has 0 aromatic heterocycles. The van der Waals surface area contributed by atoms with Gasteiger partial charge in [-0.1, -0.05) is 12.1 Å². The molecule has 0 saturated carbocycles. The fraction of sp³-hybridized carbons (Fsp3) is 0.529. The zero-order valence-electron chi connectivity index (χ0n) is 14.0. The SMILES string of the molecule is COC(C)(C)C(=O)N1CCN(Cc2ccc(C(N)=O)cc2)CC1. The Morgan fingerprint density at radius 2 is 1.70 bits per heavy atom. The lowest BCUT2D eigenvalue weighted by molar-refractivity contribution is -0.152. The van der Waals surface area contributed by atoms with Crippen LogP contribution in [0.3, 0.4) is 0 Å². The van der Waals surface area contributed by atoms with Crippen molar-refractivity contribution in [2.24, 2.45) is 5.73 Å². The number of primary amides is 1. The lowest BCUT2D eigenvalue weighted by Crippen LogP contribution is -2.54. The van der Waals surface area contributed by atoms with Crippen LogP contribution in [0.25, 0.3) is 0 Å². The highest BCUT2D eigenvalue weighted by atomic mass is 16.5. The van der Waals surface area contributed by atoms with E-state index in [1.165, 1.54) is 0 Å².